The lowest BCUT2D eigenvalue weighted by Crippen LogP contribution is -2.31. The van der Waals surface area contributed by atoms with Gasteiger partial charge in [-0.15, -0.1) is 0 Å². The molecule has 1 unspecified atom stereocenters. The number of rotatable bonds is 1. The van der Waals surface area contributed by atoms with Gasteiger partial charge >= 0.3 is 6.09 Å². The predicted molar refractivity (Wildman–Crippen MR) is 33.8 cm³/mol. The van der Waals surface area contributed by atoms with E-state index in [4.69, 9.17) is 5.11 Å². The van der Waals surface area contributed by atoms with E-state index in [0.717, 1.165) is 0 Å². The molecule has 1 aliphatic carbocycles. The van der Waals surface area contributed by atoms with Gasteiger partial charge in [-0.1, -0.05) is 0 Å². The van der Waals surface area contributed by atoms with E-state index in [-0.39, 0.29) is 11.8 Å². The van der Waals surface area contributed by atoms with Crippen LogP contribution in [-0.4, -0.2) is 23.0 Å². The normalized spacial score (nSPS) is 24.8. The highest BCUT2D eigenvalue weighted by Crippen LogP contribution is 2.13. The van der Waals surface area contributed by atoms with Crippen molar-refractivity contribution in [1.29, 1.82) is 0 Å². The lowest BCUT2D eigenvalue weighted by atomic mass is 10.3. The molecule has 0 radical (unpaired) electrons. The molecule has 0 aliphatic heterocycles. The molecule has 1 saturated carbocycles. The molecule has 0 saturated heterocycles. The Morgan fingerprint density at radius 1 is 1.70 bits per heavy atom. The molecule has 0 aromatic heterocycles. The molecular formula is C6H9NO3. The summed E-state index contributed by atoms with van der Waals surface area (Å²) in [6.07, 6.45) is 0.502. The summed E-state index contributed by atoms with van der Waals surface area (Å²) in [5.74, 6) is 0.152. The first kappa shape index (κ1) is 7.05. The molecule has 4 heteroatoms. The maximum Gasteiger partial charge on any atom is 0.404 e. The van der Waals surface area contributed by atoms with Crippen molar-refractivity contribution in [2.75, 3.05) is 0 Å². The first-order valence-corrected chi connectivity index (χ1v) is 3.19. The molecule has 0 heterocycles. The Balaban J connectivity index is 2.31. The van der Waals surface area contributed by atoms with E-state index < -0.39 is 6.09 Å². The van der Waals surface area contributed by atoms with Crippen molar-refractivity contribution in [2.45, 2.75) is 25.3 Å². The number of carbonyl (C=O) groups excluding carboxylic acids is 1. The fourth-order valence-corrected chi connectivity index (χ4v) is 1.11. The fraction of sp³-hybridized carbons (Fsp3) is 0.667. The van der Waals surface area contributed by atoms with Crippen molar-refractivity contribution in [3.8, 4) is 0 Å². The number of hydrogen-bond acceptors (Lipinski definition) is 2. The zero-order valence-corrected chi connectivity index (χ0v) is 5.46. The Hall–Kier alpha value is -1.06. The van der Waals surface area contributed by atoms with Crippen molar-refractivity contribution in [2.24, 2.45) is 0 Å². The lowest BCUT2D eigenvalue weighted by molar-refractivity contribution is -0.117. The van der Waals surface area contributed by atoms with Gasteiger partial charge in [0, 0.05) is 18.9 Å². The fourth-order valence-electron chi connectivity index (χ4n) is 1.11. The van der Waals surface area contributed by atoms with Gasteiger partial charge in [0.15, 0.2) is 0 Å². The van der Waals surface area contributed by atoms with E-state index in [2.05, 4.69) is 5.32 Å². The zero-order valence-electron chi connectivity index (χ0n) is 5.46. The van der Waals surface area contributed by atoms with Crippen LogP contribution in [0.4, 0.5) is 4.79 Å². The molecule has 10 heavy (non-hydrogen) atoms. The van der Waals surface area contributed by atoms with Gasteiger partial charge in [-0.05, 0) is 6.42 Å². The zero-order chi connectivity index (χ0) is 7.56. The van der Waals surface area contributed by atoms with E-state index in [1.54, 1.807) is 0 Å². The van der Waals surface area contributed by atoms with E-state index in [0.29, 0.717) is 19.3 Å². The molecule has 1 atom stereocenters. The van der Waals surface area contributed by atoms with Gasteiger partial charge in [0.05, 0.1) is 0 Å². The Morgan fingerprint density at radius 2 is 2.40 bits per heavy atom. The standard InChI is InChI=1S/C6H9NO3/c8-5-2-1-4(3-5)7-6(9)10/h4,7H,1-3H2,(H,9,10). The minimum Gasteiger partial charge on any atom is -0.465 e. The summed E-state index contributed by atoms with van der Waals surface area (Å²) in [7, 11) is 0. The third-order valence-corrected chi connectivity index (χ3v) is 1.57. The van der Waals surface area contributed by atoms with Crippen LogP contribution in [0.15, 0.2) is 0 Å². The molecule has 0 aromatic rings. The van der Waals surface area contributed by atoms with Crippen LogP contribution >= 0.6 is 0 Å². The third kappa shape index (κ3) is 1.72. The number of Topliss-reactive ketones (excluding diaryl/α,β-unsaturated/α-hetero) is 1. The van der Waals surface area contributed by atoms with Crippen LogP contribution in [-0.2, 0) is 4.79 Å². The van der Waals surface area contributed by atoms with Crippen LogP contribution in [0.25, 0.3) is 0 Å². The SMILES string of the molecule is O=C1CCC(NC(=O)O)C1. The van der Waals surface area contributed by atoms with Crippen LogP contribution in [0, 0.1) is 0 Å². The summed E-state index contributed by atoms with van der Waals surface area (Å²) in [6, 6.07) is -0.134. The molecule has 0 aromatic carbocycles. The second-order valence-corrected chi connectivity index (χ2v) is 2.43. The minimum absolute atomic E-state index is 0.134. The van der Waals surface area contributed by atoms with Gasteiger partial charge in [-0.3, -0.25) is 4.79 Å². The Labute approximate surface area is 58.2 Å². The quantitative estimate of drug-likeness (QED) is 0.557. The average molecular weight is 143 g/mol. The molecule has 56 valence electrons. The molecule has 1 fully saturated rings. The van der Waals surface area contributed by atoms with Crippen LogP contribution in [0.5, 0.6) is 0 Å². The summed E-state index contributed by atoms with van der Waals surface area (Å²) in [4.78, 5) is 20.6. The number of ketones is 1. The lowest BCUT2D eigenvalue weighted by Gasteiger charge is -2.05. The number of hydrogen-bond donors (Lipinski definition) is 2. The van der Waals surface area contributed by atoms with Gasteiger partial charge in [0.25, 0.3) is 0 Å². The summed E-state index contributed by atoms with van der Waals surface area (Å²) in [6.45, 7) is 0. The molecule has 0 bridgehead atoms. The Bertz CT molecular complexity index is 166. The summed E-state index contributed by atoms with van der Waals surface area (Å²) in [5, 5.41) is 10.5. The van der Waals surface area contributed by atoms with Crippen molar-refractivity contribution in [3.63, 3.8) is 0 Å². The molecule has 1 rings (SSSR count). The van der Waals surface area contributed by atoms with Crippen LogP contribution in [0.3, 0.4) is 0 Å². The summed E-state index contributed by atoms with van der Waals surface area (Å²) in [5.41, 5.74) is 0. The smallest absolute Gasteiger partial charge is 0.404 e. The summed E-state index contributed by atoms with van der Waals surface area (Å²) >= 11 is 0. The maximum atomic E-state index is 10.6. The van der Waals surface area contributed by atoms with Crippen molar-refractivity contribution in [3.05, 3.63) is 0 Å². The van der Waals surface area contributed by atoms with Gasteiger partial charge in [0.2, 0.25) is 0 Å². The number of carbonyl (C=O) groups is 2. The van der Waals surface area contributed by atoms with Crippen LogP contribution in [0.1, 0.15) is 19.3 Å². The monoisotopic (exact) mass is 143 g/mol. The molecule has 2 N–H and O–H groups in total. The average Bonchev–Trinajstić information content (AvgIpc) is 2.13. The van der Waals surface area contributed by atoms with Gasteiger partial charge in [-0.25, -0.2) is 4.79 Å². The molecular weight excluding hydrogens is 134 g/mol. The Kier molecular flexibility index (Phi) is 1.89. The Morgan fingerprint density at radius 3 is 2.80 bits per heavy atom. The first-order valence-electron chi connectivity index (χ1n) is 3.19. The molecule has 1 amide bonds. The highest BCUT2D eigenvalue weighted by atomic mass is 16.4. The van der Waals surface area contributed by atoms with Gasteiger partial charge in [0.1, 0.15) is 5.78 Å². The van der Waals surface area contributed by atoms with E-state index in [1.165, 1.54) is 0 Å². The van der Waals surface area contributed by atoms with Crippen molar-refractivity contribution >= 4 is 11.9 Å². The van der Waals surface area contributed by atoms with Gasteiger partial charge < -0.3 is 10.4 Å². The van der Waals surface area contributed by atoms with Crippen LogP contribution in [0.2, 0.25) is 0 Å². The minimum atomic E-state index is -1.04. The van der Waals surface area contributed by atoms with E-state index in [9.17, 15) is 9.59 Å². The van der Waals surface area contributed by atoms with Gasteiger partial charge in [-0.2, -0.15) is 0 Å². The number of nitrogens with one attached hydrogen (secondary N) is 1. The van der Waals surface area contributed by atoms with Crippen LogP contribution < -0.4 is 5.32 Å². The second-order valence-electron chi connectivity index (χ2n) is 2.43. The predicted octanol–water partition coefficient (Wildman–Crippen LogP) is 0.376. The van der Waals surface area contributed by atoms with E-state index in [1.807, 2.05) is 0 Å². The molecule has 0 spiro atoms. The topological polar surface area (TPSA) is 66.4 Å². The van der Waals surface area contributed by atoms with E-state index >= 15 is 0 Å². The highest BCUT2D eigenvalue weighted by molar-refractivity contribution is 5.82. The molecule has 1 aliphatic rings. The first-order chi connectivity index (χ1) is 4.68. The number of amides is 1. The summed E-state index contributed by atoms with van der Waals surface area (Å²) < 4.78 is 0. The highest BCUT2D eigenvalue weighted by Gasteiger charge is 2.22. The second kappa shape index (κ2) is 2.68. The number of carboxylic acid groups (broad SMARTS) is 1. The largest absolute Gasteiger partial charge is 0.465 e. The maximum absolute atomic E-state index is 10.6. The van der Waals surface area contributed by atoms with Crippen molar-refractivity contribution < 1.29 is 14.7 Å². The third-order valence-electron chi connectivity index (χ3n) is 1.57. The molecule has 4 nitrogen and oxygen atoms in total. The van der Waals surface area contributed by atoms with Crippen molar-refractivity contribution in [1.82, 2.24) is 5.32 Å².